The molecule has 0 radical (unpaired) electrons. The molecular weight excluding hydrogens is 486 g/mol. The van der Waals surface area contributed by atoms with Crippen molar-refractivity contribution in [2.45, 2.75) is 25.0 Å². The van der Waals surface area contributed by atoms with E-state index in [1.165, 1.54) is 31.8 Å². The number of benzene rings is 1. The molecule has 0 saturated carbocycles. The number of hydrogen-bond acceptors (Lipinski definition) is 8. The second-order valence-electron chi connectivity index (χ2n) is 8.55. The molecule has 0 amide bonds. The van der Waals surface area contributed by atoms with Crippen LogP contribution in [0.25, 0.3) is 11.0 Å². The Balaban J connectivity index is 1.49. The van der Waals surface area contributed by atoms with Crippen LogP contribution in [-0.4, -0.2) is 58.3 Å². The number of rotatable bonds is 8. The number of halogens is 2. The minimum atomic E-state index is -1.08. The second kappa shape index (κ2) is 10.5. The molecule has 37 heavy (non-hydrogen) atoms. The fourth-order valence-electron chi connectivity index (χ4n) is 4.31. The van der Waals surface area contributed by atoms with Crippen molar-refractivity contribution in [2.75, 3.05) is 25.6 Å². The van der Waals surface area contributed by atoms with Crippen LogP contribution in [-0.2, 0) is 4.74 Å². The number of nitrogens with zero attached hydrogens (tertiary/aromatic N) is 2. The molecule has 1 aliphatic heterocycles. The van der Waals surface area contributed by atoms with Crippen LogP contribution in [0.5, 0.6) is 17.4 Å². The number of nitrogens with one attached hydrogen (secondary N) is 2. The summed E-state index contributed by atoms with van der Waals surface area (Å²) in [5.74, 6) is -2.65. The summed E-state index contributed by atoms with van der Waals surface area (Å²) in [6.07, 6.45) is 5.45. The molecule has 1 aromatic carbocycles. The Labute approximate surface area is 210 Å². The molecule has 3 N–H and O–H groups in total. The van der Waals surface area contributed by atoms with Crippen LogP contribution in [0.3, 0.4) is 0 Å². The average Bonchev–Trinajstić information content (AvgIpc) is 3.34. The number of fused-ring (bicyclic) bond motifs is 1. The largest absolute Gasteiger partial charge is 0.493 e. The van der Waals surface area contributed by atoms with E-state index in [1.807, 2.05) is 0 Å². The van der Waals surface area contributed by atoms with Gasteiger partial charge in [0.1, 0.15) is 23.0 Å². The molecule has 0 spiro atoms. The molecule has 192 valence electrons. The number of aliphatic hydroxyl groups excluding tert-OH is 1. The SMILES string of the molecule is COc1cnc2[nH]cc(C(=O)c3c(F)cc(Oc4ccccn4)cc3F)c2c1N[C@@H]1CC[C@@H](CO)OC1. The number of pyridine rings is 2. The van der Waals surface area contributed by atoms with Gasteiger partial charge in [-0.3, -0.25) is 4.79 Å². The first-order chi connectivity index (χ1) is 18.0. The summed E-state index contributed by atoms with van der Waals surface area (Å²) in [6, 6.07) is 6.62. The van der Waals surface area contributed by atoms with Crippen LogP contribution in [0, 0.1) is 11.6 Å². The summed E-state index contributed by atoms with van der Waals surface area (Å²) < 4.78 is 46.7. The molecule has 4 heterocycles. The highest BCUT2D eigenvalue weighted by Gasteiger charge is 2.28. The summed E-state index contributed by atoms with van der Waals surface area (Å²) in [7, 11) is 1.46. The second-order valence-corrected chi connectivity index (χ2v) is 8.55. The first-order valence-corrected chi connectivity index (χ1v) is 11.6. The van der Waals surface area contributed by atoms with Crippen LogP contribution >= 0.6 is 0 Å². The van der Waals surface area contributed by atoms with E-state index in [2.05, 4.69) is 20.3 Å². The fourth-order valence-corrected chi connectivity index (χ4v) is 4.31. The Morgan fingerprint density at radius 1 is 1.24 bits per heavy atom. The Bertz CT molecular complexity index is 1400. The van der Waals surface area contributed by atoms with Crippen molar-refractivity contribution >= 4 is 22.5 Å². The van der Waals surface area contributed by atoms with E-state index in [0.717, 1.165) is 12.1 Å². The number of aliphatic hydroxyl groups is 1. The van der Waals surface area contributed by atoms with Gasteiger partial charge in [0, 0.05) is 36.6 Å². The van der Waals surface area contributed by atoms with Crippen molar-refractivity contribution in [3.05, 3.63) is 71.7 Å². The zero-order valence-electron chi connectivity index (χ0n) is 19.8. The van der Waals surface area contributed by atoms with Gasteiger partial charge in [-0.2, -0.15) is 0 Å². The van der Waals surface area contributed by atoms with Gasteiger partial charge in [-0.15, -0.1) is 0 Å². The number of carbonyl (C=O) groups excluding carboxylic acids is 1. The predicted octanol–water partition coefficient (Wildman–Crippen LogP) is 4.22. The van der Waals surface area contributed by atoms with E-state index in [-0.39, 0.29) is 35.9 Å². The number of aromatic nitrogens is 3. The van der Waals surface area contributed by atoms with Gasteiger partial charge in [0.05, 0.1) is 54.8 Å². The van der Waals surface area contributed by atoms with Crippen molar-refractivity contribution in [1.82, 2.24) is 15.0 Å². The molecular formula is C26H24F2N4O5. The van der Waals surface area contributed by atoms with Gasteiger partial charge in [-0.1, -0.05) is 6.07 Å². The quantitative estimate of drug-likeness (QED) is 0.302. The van der Waals surface area contributed by atoms with Crippen LogP contribution in [0.15, 0.2) is 48.9 Å². The summed E-state index contributed by atoms with van der Waals surface area (Å²) in [5, 5.41) is 13.0. The van der Waals surface area contributed by atoms with Gasteiger partial charge in [-0.05, 0) is 18.9 Å². The van der Waals surface area contributed by atoms with E-state index in [0.29, 0.717) is 41.9 Å². The summed E-state index contributed by atoms with van der Waals surface area (Å²) >= 11 is 0. The molecule has 0 unspecified atom stereocenters. The third-order valence-electron chi connectivity index (χ3n) is 6.16. The highest BCUT2D eigenvalue weighted by atomic mass is 19.1. The van der Waals surface area contributed by atoms with Crippen molar-refractivity contribution in [3.63, 3.8) is 0 Å². The molecule has 11 heteroatoms. The molecule has 0 aliphatic carbocycles. The molecule has 9 nitrogen and oxygen atoms in total. The zero-order chi connectivity index (χ0) is 25.9. The van der Waals surface area contributed by atoms with E-state index >= 15 is 8.78 Å². The van der Waals surface area contributed by atoms with Crippen LogP contribution in [0.4, 0.5) is 14.5 Å². The van der Waals surface area contributed by atoms with E-state index < -0.39 is 23.0 Å². The molecule has 0 bridgehead atoms. The summed E-state index contributed by atoms with van der Waals surface area (Å²) in [6.45, 7) is 0.266. The first-order valence-electron chi connectivity index (χ1n) is 11.6. The maximum absolute atomic E-state index is 15.1. The number of methoxy groups -OCH3 is 1. The molecule has 2 atom stereocenters. The fraction of sp³-hybridized carbons (Fsp3) is 0.269. The lowest BCUT2D eigenvalue weighted by Crippen LogP contribution is -2.36. The van der Waals surface area contributed by atoms with Crippen molar-refractivity contribution in [1.29, 1.82) is 0 Å². The van der Waals surface area contributed by atoms with Crippen molar-refractivity contribution < 1.29 is 32.9 Å². The minimum absolute atomic E-state index is 0.0186. The highest BCUT2D eigenvalue weighted by molar-refractivity contribution is 6.19. The standard InChI is InChI=1S/C26H24F2N4O5/c1-35-20-11-31-26-22(24(20)32-14-5-6-15(12-33)36-13-14)17(10-30-26)25(34)23-18(27)8-16(9-19(23)28)37-21-4-2-3-7-29-21/h2-4,7-11,14-15,33H,5-6,12-13H2,1H3,(H2,30,31,32)/t14-,15+/m1/s1. The van der Waals surface area contributed by atoms with Crippen LogP contribution < -0.4 is 14.8 Å². The minimum Gasteiger partial charge on any atom is -0.493 e. The number of carbonyl (C=O) groups is 1. The monoisotopic (exact) mass is 510 g/mol. The van der Waals surface area contributed by atoms with Gasteiger partial charge < -0.3 is 29.6 Å². The summed E-state index contributed by atoms with van der Waals surface area (Å²) in [5.41, 5.74) is 0.0801. The normalized spacial score (nSPS) is 17.5. The smallest absolute Gasteiger partial charge is 0.219 e. The maximum Gasteiger partial charge on any atom is 0.219 e. The molecule has 3 aromatic heterocycles. The number of hydrogen-bond donors (Lipinski definition) is 3. The number of ether oxygens (including phenoxy) is 3. The topological polar surface area (TPSA) is 119 Å². The van der Waals surface area contributed by atoms with E-state index in [4.69, 9.17) is 14.2 Å². The molecule has 4 aromatic rings. The molecule has 5 rings (SSSR count). The van der Waals surface area contributed by atoms with Gasteiger partial charge in [0.2, 0.25) is 11.7 Å². The Morgan fingerprint density at radius 2 is 2.05 bits per heavy atom. The summed E-state index contributed by atoms with van der Waals surface area (Å²) in [4.78, 5) is 24.6. The first kappa shape index (κ1) is 24.6. The average molecular weight is 510 g/mol. The van der Waals surface area contributed by atoms with E-state index in [1.54, 1.807) is 12.1 Å². The lowest BCUT2D eigenvalue weighted by Gasteiger charge is -2.29. The number of H-pyrrole nitrogens is 1. The maximum atomic E-state index is 15.1. The molecule has 1 aliphatic rings. The Kier molecular flexibility index (Phi) is 6.97. The van der Waals surface area contributed by atoms with Gasteiger partial charge in [0.25, 0.3) is 0 Å². The van der Waals surface area contributed by atoms with Gasteiger partial charge >= 0.3 is 0 Å². The van der Waals surface area contributed by atoms with Gasteiger partial charge in [0.15, 0.2) is 5.75 Å². The third-order valence-corrected chi connectivity index (χ3v) is 6.16. The van der Waals surface area contributed by atoms with Crippen molar-refractivity contribution in [3.8, 4) is 17.4 Å². The lowest BCUT2D eigenvalue weighted by atomic mass is 10.00. The number of aromatic amines is 1. The third kappa shape index (κ3) is 4.95. The Morgan fingerprint density at radius 3 is 2.70 bits per heavy atom. The van der Waals surface area contributed by atoms with Crippen LogP contribution in [0.1, 0.15) is 28.8 Å². The van der Waals surface area contributed by atoms with E-state index in [9.17, 15) is 9.90 Å². The lowest BCUT2D eigenvalue weighted by molar-refractivity contribution is -0.0223. The van der Waals surface area contributed by atoms with Gasteiger partial charge in [-0.25, -0.2) is 18.7 Å². The zero-order valence-corrected chi connectivity index (χ0v) is 19.8. The van der Waals surface area contributed by atoms with Crippen LogP contribution in [0.2, 0.25) is 0 Å². The number of ketones is 1. The highest BCUT2D eigenvalue weighted by Crippen LogP contribution is 2.37. The Hall–Kier alpha value is -4.09. The van der Waals surface area contributed by atoms with Crippen molar-refractivity contribution in [2.24, 2.45) is 0 Å². The molecule has 1 saturated heterocycles. The number of anilines is 1. The molecule has 1 fully saturated rings. The predicted molar refractivity (Wildman–Crippen MR) is 130 cm³/mol.